The molecule has 1 aromatic heterocycles. The highest BCUT2D eigenvalue weighted by Gasteiger charge is 2.20. The lowest BCUT2D eigenvalue weighted by Crippen LogP contribution is -2.43. The second-order valence-electron chi connectivity index (χ2n) is 7.51. The van der Waals surface area contributed by atoms with Crippen molar-refractivity contribution >= 4 is 51.1 Å². The molecule has 1 aromatic rings. The Balaban J connectivity index is 0.00000392. The van der Waals surface area contributed by atoms with Gasteiger partial charge in [0.05, 0.1) is 5.75 Å². The molecule has 2 N–H and O–H groups in total. The number of rotatable bonds is 9. The van der Waals surface area contributed by atoms with E-state index in [0.29, 0.717) is 12.3 Å². The molecule has 0 spiro atoms. The molecule has 0 aromatic carbocycles. The van der Waals surface area contributed by atoms with Crippen molar-refractivity contribution in [3.63, 3.8) is 0 Å². The Morgan fingerprint density at radius 2 is 2.25 bits per heavy atom. The zero-order valence-corrected chi connectivity index (χ0v) is 21.1. The quantitative estimate of drug-likeness (QED) is 0.285. The molecule has 28 heavy (non-hydrogen) atoms. The zero-order chi connectivity index (χ0) is 19.7. The number of nitrogens with one attached hydrogen (secondary N) is 2. The van der Waals surface area contributed by atoms with E-state index in [1.165, 1.54) is 30.5 Å². The minimum Gasteiger partial charge on any atom is -0.357 e. The van der Waals surface area contributed by atoms with Gasteiger partial charge in [-0.05, 0) is 57.0 Å². The second-order valence-corrected chi connectivity index (χ2v) is 10.8. The molecule has 2 rings (SSSR count). The third kappa shape index (κ3) is 10.4. The molecule has 6 nitrogen and oxygen atoms in total. The summed E-state index contributed by atoms with van der Waals surface area (Å²) in [5, 5.41) is 8.75. The summed E-state index contributed by atoms with van der Waals surface area (Å²) in [6, 6.07) is 4.39. The molecule has 162 valence electrons. The first kappa shape index (κ1) is 25.6. The molecular weight excluding hydrogens is 507 g/mol. The summed E-state index contributed by atoms with van der Waals surface area (Å²) in [4.78, 5) is 8.73. The summed E-state index contributed by atoms with van der Waals surface area (Å²) in [5.74, 6) is 1.55. The van der Waals surface area contributed by atoms with E-state index in [9.17, 15) is 8.42 Å². The molecule has 1 aliphatic rings. The van der Waals surface area contributed by atoms with E-state index in [1.807, 2.05) is 25.2 Å². The Morgan fingerprint density at radius 3 is 2.89 bits per heavy atom. The Labute approximate surface area is 191 Å². The van der Waals surface area contributed by atoms with Crippen LogP contribution < -0.4 is 10.6 Å². The summed E-state index contributed by atoms with van der Waals surface area (Å²) in [5.41, 5.74) is 0. The van der Waals surface area contributed by atoms with Gasteiger partial charge in [-0.15, -0.1) is 35.3 Å². The fraction of sp³-hybridized carbons (Fsp3) is 0.737. The molecule has 1 fully saturated rings. The monoisotopic (exact) mass is 542 g/mol. The third-order valence-corrected chi connectivity index (χ3v) is 6.56. The number of guanidine groups is 1. The smallest absolute Gasteiger partial charge is 0.191 e. The number of hydrogen-bond donors (Lipinski definition) is 2. The third-order valence-electron chi connectivity index (χ3n) is 4.72. The molecular formula is C19H35IN4O2S2. The Morgan fingerprint density at radius 1 is 1.46 bits per heavy atom. The summed E-state index contributed by atoms with van der Waals surface area (Å²) < 4.78 is 22.7. The van der Waals surface area contributed by atoms with Gasteiger partial charge in [0.2, 0.25) is 0 Å². The van der Waals surface area contributed by atoms with Gasteiger partial charge < -0.3 is 10.6 Å². The molecule has 9 heteroatoms. The van der Waals surface area contributed by atoms with Crippen molar-refractivity contribution in [1.29, 1.82) is 0 Å². The van der Waals surface area contributed by atoms with Gasteiger partial charge in [-0.25, -0.2) is 8.42 Å². The first-order valence-corrected chi connectivity index (χ1v) is 12.8. The lowest BCUT2D eigenvalue weighted by atomic mass is 9.98. The van der Waals surface area contributed by atoms with Gasteiger partial charge >= 0.3 is 0 Å². The first-order valence-electron chi connectivity index (χ1n) is 9.83. The standard InChI is InChI=1S/C19H34N4O2S2.HI/c1-4-20-19(22-16(2)9-12-27(3,24)25)21-13-17-7-5-10-23(14-17)15-18-8-6-11-26-18;/h6,8,11,16-17H,4-5,7,9-10,12-15H2,1-3H3,(H2,20,21,22);1H. The maximum absolute atomic E-state index is 11.3. The van der Waals surface area contributed by atoms with Crippen LogP contribution in [-0.4, -0.2) is 63.5 Å². The molecule has 0 radical (unpaired) electrons. The molecule has 2 unspecified atom stereocenters. The van der Waals surface area contributed by atoms with E-state index in [1.54, 1.807) is 0 Å². The summed E-state index contributed by atoms with van der Waals surface area (Å²) >= 11 is 1.82. The Kier molecular flexibility index (Phi) is 11.9. The molecule has 0 saturated carbocycles. The average molecular weight is 543 g/mol. The number of halogens is 1. The molecule has 2 heterocycles. The highest BCUT2D eigenvalue weighted by molar-refractivity contribution is 14.0. The van der Waals surface area contributed by atoms with Crippen LogP contribution in [0.25, 0.3) is 0 Å². The second kappa shape index (κ2) is 13.0. The predicted octanol–water partition coefficient (Wildman–Crippen LogP) is 2.96. The van der Waals surface area contributed by atoms with Crippen LogP contribution in [0.15, 0.2) is 22.5 Å². The highest BCUT2D eigenvalue weighted by atomic mass is 127. The SMILES string of the molecule is CCNC(=NCC1CCCN(Cc2cccs2)C1)NC(C)CCS(C)(=O)=O.I. The minimum atomic E-state index is -2.93. The van der Waals surface area contributed by atoms with Crippen molar-refractivity contribution in [2.75, 3.05) is 38.2 Å². The van der Waals surface area contributed by atoms with Crippen molar-refractivity contribution in [1.82, 2.24) is 15.5 Å². The van der Waals surface area contributed by atoms with Crippen molar-refractivity contribution in [2.24, 2.45) is 10.9 Å². The van der Waals surface area contributed by atoms with Gasteiger partial charge in [0.15, 0.2) is 5.96 Å². The van der Waals surface area contributed by atoms with Crippen LogP contribution >= 0.6 is 35.3 Å². The van der Waals surface area contributed by atoms with E-state index >= 15 is 0 Å². The molecule has 1 saturated heterocycles. The van der Waals surface area contributed by atoms with Gasteiger partial charge in [0.1, 0.15) is 9.84 Å². The van der Waals surface area contributed by atoms with Crippen LogP contribution in [0, 0.1) is 5.92 Å². The van der Waals surface area contributed by atoms with Gasteiger partial charge in [-0.2, -0.15) is 0 Å². The fourth-order valence-electron chi connectivity index (χ4n) is 3.30. The van der Waals surface area contributed by atoms with Gasteiger partial charge in [0.25, 0.3) is 0 Å². The number of likely N-dealkylation sites (tertiary alicyclic amines) is 1. The number of thiophene rings is 1. The Bertz CT molecular complexity index is 680. The van der Waals surface area contributed by atoms with E-state index in [-0.39, 0.29) is 35.8 Å². The maximum Gasteiger partial charge on any atom is 0.191 e. The lowest BCUT2D eigenvalue weighted by molar-refractivity contribution is 0.172. The predicted molar refractivity (Wildman–Crippen MR) is 131 cm³/mol. The highest BCUT2D eigenvalue weighted by Crippen LogP contribution is 2.20. The largest absolute Gasteiger partial charge is 0.357 e. The normalized spacial score (nSPS) is 19.7. The topological polar surface area (TPSA) is 73.8 Å². The molecule has 2 atom stereocenters. The van der Waals surface area contributed by atoms with Gasteiger partial charge in [-0.1, -0.05) is 6.07 Å². The van der Waals surface area contributed by atoms with E-state index in [4.69, 9.17) is 4.99 Å². The lowest BCUT2D eigenvalue weighted by Gasteiger charge is -2.31. The van der Waals surface area contributed by atoms with Crippen LogP contribution in [-0.2, 0) is 16.4 Å². The van der Waals surface area contributed by atoms with E-state index in [2.05, 4.69) is 33.0 Å². The first-order chi connectivity index (χ1) is 12.9. The molecule has 0 aliphatic carbocycles. The van der Waals surface area contributed by atoms with E-state index in [0.717, 1.165) is 32.1 Å². The van der Waals surface area contributed by atoms with Crippen molar-refractivity contribution in [3.05, 3.63) is 22.4 Å². The van der Waals surface area contributed by atoms with E-state index < -0.39 is 9.84 Å². The molecule has 1 aliphatic heterocycles. The Hall–Kier alpha value is -0.390. The van der Waals surface area contributed by atoms with Crippen molar-refractivity contribution < 1.29 is 8.42 Å². The van der Waals surface area contributed by atoms with Crippen molar-refractivity contribution in [2.45, 2.75) is 45.7 Å². The van der Waals surface area contributed by atoms with Crippen LogP contribution in [0.4, 0.5) is 0 Å². The fourth-order valence-corrected chi connectivity index (χ4v) is 4.83. The van der Waals surface area contributed by atoms with Crippen LogP contribution in [0.5, 0.6) is 0 Å². The number of hydrogen-bond acceptors (Lipinski definition) is 5. The summed E-state index contributed by atoms with van der Waals surface area (Å²) in [6.45, 7) is 8.93. The maximum atomic E-state index is 11.3. The van der Waals surface area contributed by atoms with Crippen LogP contribution in [0.2, 0.25) is 0 Å². The molecule has 0 amide bonds. The zero-order valence-electron chi connectivity index (χ0n) is 17.2. The minimum absolute atomic E-state index is 0. The summed E-state index contributed by atoms with van der Waals surface area (Å²) in [6.07, 6.45) is 4.30. The van der Waals surface area contributed by atoms with Crippen LogP contribution in [0.1, 0.15) is 38.0 Å². The average Bonchev–Trinajstić information content (AvgIpc) is 3.11. The number of aliphatic imine (C=N–C) groups is 1. The summed E-state index contributed by atoms with van der Waals surface area (Å²) in [7, 11) is -2.93. The van der Waals surface area contributed by atoms with Crippen LogP contribution in [0.3, 0.4) is 0 Å². The van der Waals surface area contributed by atoms with Crippen molar-refractivity contribution in [3.8, 4) is 0 Å². The molecule has 0 bridgehead atoms. The number of nitrogens with zero attached hydrogens (tertiary/aromatic N) is 2. The van der Waals surface area contributed by atoms with Gasteiger partial charge in [-0.3, -0.25) is 9.89 Å². The number of piperidine rings is 1. The van der Waals surface area contributed by atoms with Gasteiger partial charge in [0, 0.05) is 43.4 Å². The number of sulfone groups is 1.